The molecule has 0 aromatic carbocycles. The van der Waals surface area contributed by atoms with Gasteiger partial charge in [-0.05, 0) is 31.2 Å². The Morgan fingerprint density at radius 2 is 2.09 bits per heavy atom. The van der Waals surface area contributed by atoms with E-state index in [9.17, 15) is 13.2 Å². The summed E-state index contributed by atoms with van der Waals surface area (Å²) in [5, 5.41) is 0. The molecule has 0 bridgehead atoms. The largest absolute Gasteiger partial charge is 0.465 e. The van der Waals surface area contributed by atoms with E-state index in [4.69, 9.17) is 0 Å². The summed E-state index contributed by atoms with van der Waals surface area (Å²) in [6, 6.07) is 6.56. The molecule has 6 nitrogen and oxygen atoms in total. The van der Waals surface area contributed by atoms with Gasteiger partial charge in [-0.1, -0.05) is 0 Å². The molecule has 2 aromatic rings. The molecule has 0 amide bonds. The second-order valence-electron chi connectivity index (χ2n) is 5.03. The Morgan fingerprint density at radius 3 is 2.82 bits per heavy atom. The molecule has 3 rings (SSSR count). The summed E-state index contributed by atoms with van der Waals surface area (Å²) in [6.45, 7) is 2.91. The van der Waals surface area contributed by atoms with E-state index in [1.807, 2.05) is 25.3 Å². The predicted octanol–water partition coefficient (Wildman–Crippen LogP) is 2.10. The molecule has 118 valence electrons. The first-order valence-corrected chi connectivity index (χ1v) is 9.06. The monoisotopic (exact) mass is 340 g/mol. The highest BCUT2D eigenvalue weighted by Gasteiger charge is 2.35. The van der Waals surface area contributed by atoms with E-state index < -0.39 is 16.0 Å². The van der Waals surface area contributed by atoms with E-state index in [0.717, 1.165) is 17.0 Å². The maximum absolute atomic E-state index is 12.8. The van der Waals surface area contributed by atoms with Crippen LogP contribution in [0.3, 0.4) is 0 Å². The van der Waals surface area contributed by atoms with Crippen molar-refractivity contribution in [1.29, 1.82) is 0 Å². The molecule has 1 atom stereocenters. The number of sulfonamides is 1. The maximum atomic E-state index is 12.8. The first kappa shape index (κ1) is 15.3. The molecule has 1 aliphatic heterocycles. The highest BCUT2D eigenvalue weighted by Crippen LogP contribution is 2.33. The normalized spacial score (nSPS) is 18.9. The SMILES string of the molecule is COC(=O)c1ccc(S(=O)(=O)N2CCn3cccc3[C@H]2C)s1. The van der Waals surface area contributed by atoms with Crippen LogP contribution in [0.4, 0.5) is 0 Å². The highest BCUT2D eigenvalue weighted by atomic mass is 32.2. The first-order valence-electron chi connectivity index (χ1n) is 6.80. The van der Waals surface area contributed by atoms with Crippen LogP contribution < -0.4 is 0 Å². The number of hydrogen-bond donors (Lipinski definition) is 0. The fourth-order valence-electron chi connectivity index (χ4n) is 2.67. The Balaban J connectivity index is 1.94. The second-order valence-corrected chi connectivity index (χ2v) is 8.23. The number of fused-ring (bicyclic) bond motifs is 1. The Labute approximate surface area is 133 Å². The Hall–Kier alpha value is -1.64. The van der Waals surface area contributed by atoms with E-state index >= 15 is 0 Å². The van der Waals surface area contributed by atoms with Gasteiger partial charge >= 0.3 is 5.97 Å². The number of aromatic nitrogens is 1. The number of methoxy groups -OCH3 is 1. The average Bonchev–Trinajstić information content (AvgIpc) is 3.16. The van der Waals surface area contributed by atoms with Crippen LogP contribution in [-0.4, -0.2) is 36.9 Å². The third kappa shape index (κ3) is 2.37. The van der Waals surface area contributed by atoms with Crippen molar-refractivity contribution in [3.05, 3.63) is 41.0 Å². The van der Waals surface area contributed by atoms with Gasteiger partial charge in [0.1, 0.15) is 9.09 Å². The average molecular weight is 340 g/mol. The minimum atomic E-state index is -3.62. The summed E-state index contributed by atoms with van der Waals surface area (Å²) in [4.78, 5) is 11.8. The Bertz CT molecular complexity index is 806. The third-order valence-electron chi connectivity index (χ3n) is 3.82. The van der Waals surface area contributed by atoms with Gasteiger partial charge in [-0.25, -0.2) is 13.2 Å². The van der Waals surface area contributed by atoms with Gasteiger partial charge < -0.3 is 9.30 Å². The van der Waals surface area contributed by atoms with Crippen molar-refractivity contribution in [3.63, 3.8) is 0 Å². The lowest BCUT2D eigenvalue weighted by molar-refractivity contribution is 0.0606. The molecule has 0 N–H and O–H groups in total. The van der Waals surface area contributed by atoms with Gasteiger partial charge in [0.05, 0.1) is 13.2 Å². The lowest BCUT2D eigenvalue weighted by Gasteiger charge is -2.33. The van der Waals surface area contributed by atoms with Crippen molar-refractivity contribution < 1.29 is 17.9 Å². The number of carbonyl (C=O) groups is 1. The number of ether oxygens (including phenoxy) is 1. The molecule has 0 saturated heterocycles. The summed E-state index contributed by atoms with van der Waals surface area (Å²) in [7, 11) is -2.35. The van der Waals surface area contributed by atoms with Gasteiger partial charge in [-0.3, -0.25) is 0 Å². The van der Waals surface area contributed by atoms with Crippen molar-refractivity contribution in [2.75, 3.05) is 13.7 Å². The summed E-state index contributed by atoms with van der Waals surface area (Å²) < 4.78 is 34.0. The molecule has 0 unspecified atom stereocenters. The van der Waals surface area contributed by atoms with Crippen molar-refractivity contribution in [1.82, 2.24) is 8.87 Å². The maximum Gasteiger partial charge on any atom is 0.348 e. The van der Waals surface area contributed by atoms with E-state index in [0.29, 0.717) is 13.1 Å². The van der Waals surface area contributed by atoms with Gasteiger partial charge in [-0.15, -0.1) is 11.3 Å². The molecule has 22 heavy (non-hydrogen) atoms. The number of thiophene rings is 1. The zero-order valence-electron chi connectivity index (χ0n) is 12.2. The lowest BCUT2D eigenvalue weighted by Crippen LogP contribution is -2.40. The molecule has 8 heteroatoms. The zero-order valence-corrected chi connectivity index (χ0v) is 13.9. The summed E-state index contributed by atoms with van der Waals surface area (Å²) >= 11 is 0.941. The van der Waals surface area contributed by atoms with Gasteiger partial charge in [0, 0.05) is 25.0 Å². The van der Waals surface area contributed by atoms with E-state index in [-0.39, 0.29) is 15.1 Å². The minimum absolute atomic E-state index is 0.166. The fraction of sp³-hybridized carbons (Fsp3) is 0.357. The smallest absolute Gasteiger partial charge is 0.348 e. The fourth-order valence-corrected chi connectivity index (χ4v) is 5.62. The Kier molecular flexibility index (Phi) is 3.84. The molecule has 0 spiro atoms. The molecule has 3 heterocycles. The minimum Gasteiger partial charge on any atom is -0.465 e. The first-order chi connectivity index (χ1) is 10.4. The van der Waals surface area contributed by atoms with Crippen LogP contribution in [0.15, 0.2) is 34.7 Å². The predicted molar refractivity (Wildman–Crippen MR) is 82.4 cm³/mol. The standard InChI is InChI=1S/C14H16N2O4S2/c1-10-11-4-3-7-15(11)8-9-16(10)22(18,19)13-6-5-12(21-13)14(17)20-2/h3-7,10H,8-9H2,1-2H3/t10-/m1/s1. The van der Waals surface area contributed by atoms with E-state index in [1.165, 1.54) is 23.5 Å². The van der Waals surface area contributed by atoms with Crippen molar-refractivity contribution in [2.45, 2.75) is 23.7 Å². The number of hydrogen-bond acceptors (Lipinski definition) is 5. The number of esters is 1. The second kappa shape index (κ2) is 5.53. The Morgan fingerprint density at radius 1 is 1.32 bits per heavy atom. The van der Waals surface area contributed by atoms with Crippen LogP contribution in [0.2, 0.25) is 0 Å². The van der Waals surface area contributed by atoms with Crippen LogP contribution in [0.25, 0.3) is 0 Å². The van der Waals surface area contributed by atoms with Gasteiger partial charge in [0.15, 0.2) is 0 Å². The van der Waals surface area contributed by atoms with E-state index in [2.05, 4.69) is 9.30 Å². The van der Waals surface area contributed by atoms with Crippen LogP contribution in [0.5, 0.6) is 0 Å². The molecule has 0 fully saturated rings. The van der Waals surface area contributed by atoms with E-state index in [1.54, 1.807) is 0 Å². The van der Waals surface area contributed by atoms with Crippen LogP contribution in [0, 0.1) is 0 Å². The highest BCUT2D eigenvalue weighted by molar-refractivity contribution is 7.91. The molecule has 0 saturated carbocycles. The molecule has 0 radical (unpaired) electrons. The molecule has 2 aromatic heterocycles. The number of nitrogens with zero attached hydrogens (tertiary/aromatic N) is 2. The van der Waals surface area contributed by atoms with Gasteiger partial charge in [0.25, 0.3) is 10.0 Å². The van der Waals surface area contributed by atoms with Crippen molar-refractivity contribution in [3.8, 4) is 0 Å². The molecule has 1 aliphatic rings. The van der Waals surface area contributed by atoms with Crippen molar-refractivity contribution in [2.24, 2.45) is 0 Å². The van der Waals surface area contributed by atoms with Crippen LogP contribution >= 0.6 is 11.3 Å². The summed E-state index contributed by atoms with van der Waals surface area (Å²) in [6.07, 6.45) is 1.95. The zero-order chi connectivity index (χ0) is 15.9. The molecular weight excluding hydrogens is 324 g/mol. The van der Waals surface area contributed by atoms with Crippen LogP contribution in [-0.2, 0) is 21.3 Å². The van der Waals surface area contributed by atoms with Gasteiger partial charge in [-0.2, -0.15) is 4.31 Å². The summed E-state index contributed by atoms with van der Waals surface area (Å²) in [5.41, 5.74) is 0.972. The number of carbonyl (C=O) groups excluding carboxylic acids is 1. The lowest BCUT2D eigenvalue weighted by atomic mass is 10.2. The summed E-state index contributed by atoms with van der Waals surface area (Å²) in [5.74, 6) is -0.521. The van der Waals surface area contributed by atoms with Gasteiger partial charge in [0.2, 0.25) is 0 Å². The molecular formula is C14H16N2O4S2. The topological polar surface area (TPSA) is 68.6 Å². The molecule has 0 aliphatic carbocycles. The third-order valence-corrected chi connectivity index (χ3v) is 7.32. The number of rotatable bonds is 3. The quantitative estimate of drug-likeness (QED) is 0.803. The van der Waals surface area contributed by atoms with Crippen LogP contribution in [0.1, 0.15) is 28.3 Å². The van der Waals surface area contributed by atoms with Crippen molar-refractivity contribution >= 4 is 27.3 Å².